The van der Waals surface area contributed by atoms with Crippen molar-refractivity contribution in [2.45, 2.75) is 18.4 Å². The second-order valence-corrected chi connectivity index (χ2v) is 7.81. The van der Waals surface area contributed by atoms with Crippen LogP contribution in [0, 0.1) is 0 Å². The van der Waals surface area contributed by atoms with E-state index in [1.54, 1.807) is 18.0 Å². The second kappa shape index (κ2) is 8.00. The molecule has 0 atom stereocenters. The van der Waals surface area contributed by atoms with Gasteiger partial charge in [0.2, 0.25) is 5.95 Å². The number of anilines is 1. The Morgan fingerprint density at radius 2 is 2.07 bits per heavy atom. The van der Waals surface area contributed by atoms with Gasteiger partial charge in [-0.15, -0.1) is 11.8 Å². The number of hydrogen-bond acceptors (Lipinski definition) is 5. The molecule has 3 heterocycles. The van der Waals surface area contributed by atoms with Crippen molar-refractivity contribution in [3.8, 4) is 0 Å². The van der Waals surface area contributed by atoms with Gasteiger partial charge < -0.3 is 14.8 Å². The Bertz CT molecular complexity index is 908. The number of imidazole rings is 1. The Labute approximate surface area is 163 Å². The number of para-hydroxylation sites is 2. The summed E-state index contributed by atoms with van der Waals surface area (Å²) in [4.78, 5) is 29.5. The largest absolute Gasteiger partial charge is 0.341 e. The minimum Gasteiger partial charge on any atom is -0.341 e. The van der Waals surface area contributed by atoms with Crippen LogP contribution in [0.2, 0.25) is 0 Å². The molecule has 1 saturated heterocycles. The summed E-state index contributed by atoms with van der Waals surface area (Å²) in [6.07, 6.45) is 2.65. The van der Waals surface area contributed by atoms with E-state index in [0.717, 1.165) is 59.4 Å². The summed E-state index contributed by atoms with van der Waals surface area (Å²) in [6, 6.07) is 11.8. The molecule has 2 aromatic heterocycles. The molecule has 1 aliphatic heterocycles. The number of fused-ring (bicyclic) bond motifs is 1. The number of aromatic amines is 1. The molecule has 140 valence electrons. The molecule has 0 radical (unpaired) electrons. The Hall–Kier alpha value is -2.54. The van der Waals surface area contributed by atoms with E-state index in [1.165, 1.54) is 0 Å². The minimum absolute atomic E-state index is 0.0850. The summed E-state index contributed by atoms with van der Waals surface area (Å²) in [7, 11) is 0. The number of carbonyl (C=O) groups excluding carboxylic acids is 1. The molecule has 1 amide bonds. The van der Waals surface area contributed by atoms with Crippen LogP contribution in [-0.2, 0) is 0 Å². The number of aromatic nitrogens is 3. The van der Waals surface area contributed by atoms with E-state index in [2.05, 4.69) is 21.8 Å². The summed E-state index contributed by atoms with van der Waals surface area (Å²) < 4.78 is 0. The van der Waals surface area contributed by atoms with Gasteiger partial charge >= 0.3 is 0 Å². The molecule has 1 aromatic carbocycles. The lowest BCUT2D eigenvalue weighted by Gasteiger charge is -2.22. The molecule has 7 heteroatoms. The molecule has 0 spiro atoms. The van der Waals surface area contributed by atoms with Crippen LogP contribution in [0.4, 0.5) is 5.95 Å². The molecule has 1 aliphatic rings. The number of amides is 1. The number of hydrogen-bond donors (Lipinski definition) is 1. The number of nitrogens with one attached hydrogen (secondary N) is 1. The van der Waals surface area contributed by atoms with E-state index in [9.17, 15) is 4.79 Å². The van der Waals surface area contributed by atoms with Crippen molar-refractivity contribution in [1.82, 2.24) is 19.9 Å². The summed E-state index contributed by atoms with van der Waals surface area (Å²) in [5, 5.41) is 0.905. The first-order chi connectivity index (χ1) is 13.2. The number of carbonyl (C=O) groups is 1. The molecule has 6 nitrogen and oxygen atoms in total. The van der Waals surface area contributed by atoms with Crippen molar-refractivity contribution in [1.29, 1.82) is 0 Å². The van der Waals surface area contributed by atoms with Gasteiger partial charge in [0, 0.05) is 37.9 Å². The maximum Gasteiger partial charge on any atom is 0.254 e. The Balaban J connectivity index is 1.46. The molecule has 0 aliphatic carbocycles. The molecule has 0 unspecified atom stereocenters. The average molecular weight is 382 g/mol. The zero-order valence-corrected chi connectivity index (χ0v) is 16.2. The van der Waals surface area contributed by atoms with Crippen molar-refractivity contribution in [3.63, 3.8) is 0 Å². The topological polar surface area (TPSA) is 65.1 Å². The third-order valence-corrected chi connectivity index (χ3v) is 5.54. The molecular formula is C20H23N5OS. The second-order valence-electron chi connectivity index (χ2n) is 6.53. The van der Waals surface area contributed by atoms with Crippen molar-refractivity contribution < 1.29 is 4.79 Å². The molecule has 0 saturated carbocycles. The Morgan fingerprint density at radius 1 is 1.19 bits per heavy atom. The van der Waals surface area contributed by atoms with Crippen molar-refractivity contribution in [2.75, 3.05) is 36.8 Å². The van der Waals surface area contributed by atoms with Gasteiger partial charge in [-0.2, -0.15) is 0 Å². The number of benzene rings is 1. The Morgan fingerprint density at radius 3 is 2.93 bits per heavy atom. The van der Waals surface area contributed by atoms with Crippen LogP contribution in [0.15, 0.2) is 47.6 Å². The van der Waals surface area contributed by atoms with Gasteiger partial charge in [0.05, 0.1) is 16.1 Å². The normalized spacial score (nSPS) is 15.1. The van der Waals surface area contributed by atoms with Gasteiger partial charge in [-0.25, -0.2) is 9.97 Å². The summed E-state index contributed by atoms with van der Waals surface area (Å²) in [5.41, 5.74) is 2.74. The fraction of sp³-hybridized carbons (Fsp3) is 0.350. The average Bonchev–Trinajstić information content (AvgIpc) is 2.97. The zero-order valence-electron chi connectivity index (χ0n) is 15.4. The maximum atomic E-state index is 12.9. The highest BCUT2D eigenvalue weighted by Crippen LogP contribution is 2.20. The maximum absolute atomic E-state index is 12.9. The first-order valence-corrected chi connectivity index (χ1v) is 10.3. The van der Waals surface area contributed by atoms with Crippen LogP contribution >= 0.6 is 11.8 Å². The molecule has 1 N–H and O–H groups in total. The van der Waals surface area contributed by atoms with E-state index < -0.39 is 0 Å². The van der Waals surface area contributed by atoms with Crippen LogP contribution in [0.3, 0.4) is 0 Å². The molecule has 1 fully saturated rings. The van der Waals surface area contributed by atoms with Crippen LogP contribution in [0.5, 0.6) is 0 Å². The lowest BCUT2D eigenvalue weighted by atomic mass is 10.2. The summed E-state index contributed by atoms with van der Waals surface area (Å²) in [6.45, 7) is 5.19. The van der Waals surface area contributed by atoms with Gasteiger partial charge in [0.1, 0.15) is 0 Å². The van der Waals surface area contributed by atoms with Gasteiger partial charge in [0.15, 0.2) is 0 Å². The molecule has 27 heavy (non-hydrogen) atoms. The zero-order chi connectivity index (χ0) is 18.6. The lowest BCUT2D eigenvalue weighted by Crippen LogP contribution is -2.35. The van der Waals surface area contributed by atoms with Crippen LogP contribution < -0.4 is 4.90 Å². The van der Waals surface area contributed by atoms with E-state index in [0.29, 0.717) is 6.54 Å². The van der Waals surface area contributed by atoms with Gasteiger partial charge in [-0.3, -0.25) is 4.79 Å². The van der Waals surface area contributed by atoms with Crippen molar-refractivity contribution in [2.24, 2.45) is 0 Å². The number of thioether (sulfide) groups is 1. The van der Waals surface area contributed by atoms with Gasteiger partial charge in [-0.05, 0) is 36.4 Å². The van der Waals surface area contributed by atoms with Crippen LogP contribution in [0.1, 0.15) is 23.7 Å². The highest BCUT2D eigenvalue weighted by atomic mass is 32.2. The van der Waals surface area contributed by atoms with Gasteiger partial charge in [-0.1, -0.05) is 19.1 Å². The highest BCUT2D eigenvalue weighted by Gasteiger charge is 2.22. The number of pyridine rings is 1. The van der Waals surface area contributed by atoms with E-state index in [-0.39, 0.29) is 5.91 Å². The first kappa shape index (κ1) is 17.9. The first-order valence-electron chi connectivity index (χ1n) is 9.32. The van der Waals surface area contributed by atoms with Crippen molar-refractivity contribution >= 4 is 34.7 Å². The SMILES string of the molecule is CCSc1cc(C(=O)N2CCCN(c3nc4ccccc4[nH]3)CC2)ccn1. The summed E-state index contributed by atoms with van der Waals surface area (Å²) >= 11 is 1.65. The molecular weight excluding hydrogens is 358 g/mol. The van der Waals surface area contributed by atoms with Crippen LogP contribution in [-0.4, -0.2) is 57.7 Å². The van der Waals surface area contributed by atoms with Gasteiger partial charge in [0.25, 0.3) is 5.91 Å². The smallest absolute Gasteiger partial charge is 0.254 e. The molecule has 3 aromatic rings. The highest BCUT2D eigenvalue weighted by molar-refractivity contribution is 7.99. The number of nitrogens with zero attached hydrogens (tertiary/aromatic N) is 4. The van der Waals surface area contributed by atoms with Crippen LogP contribution in [0.25, 0.3) is 11.0 Å². The van der Waals surface area contributed by atoms with Crippen molar-refractivity contribution in [3.05, 3.63) is 48.2 Å². The quantitative estimate of drug-likeness (QED) is 0.702. The van der Waals surface area contributed by atoms with E-state index in [4.69, 9.17) is 4.98 Å². The predicted molar refractivity (Wildman–Crippen MR) is 109 cm³/mol. The third kappa shape index (κ3) is 3.93. The standard InChI is InChI=1S/C20H23N5OS/c1-2-27-18-14-15(8-9-21-18)19(26)24-10-5-11-25(13-12-24)20-22-16-6-3-4-7-17(16)23-20/h3-4,6-9,14H,2,5,10-13H2,1H3,(H,22,23). The number of H-pyrrole nitrogens is 1. The molecule has 4 rings (SSSR count). The monoisotopic (exact) mass is 381 g/mol. The fourth-order valence-electron chi connectivity index (χ4n) is 3.37. The number of rotatable bonds is 4. The lowest BCUT2D eigenvalue weighted by molar-refractivity contribution is 0.0766. The molecule has 0 bridgehead atoms. The predicted octanol–water partition coefficient (Wildman–Crippen LogP) is 3.42. The van der Waals surface area contributed by atoms with E-state index in [1.807, 2.05) is 41.3 Å². The fourth-order valence-corrected chi connectivity index (χ4v) is 4.01. The minimum atomic E-state index is 0.0850. The third-order valence-electron chi connectivity index (χ3n) is 4.73. The summed E-state index contributed by atoms with van der Waals surface area (Å²) in [5.74, 6) is 1.92. The Kier molecular flexibility index (Phi) is 5.29. The van der Waals surface area contributed by atoms with E-state index >= 15 is 0 Å².